The van der Waals surface area contributed by atoms with Gasteiger partial charge in [-0.1, -0.05) is 13.8 Å². The average Bonchev–Trinajstić information content (AvgIpc) is 2.21. The van der Waals surface area contributed by atoms with Gasteiger partial charge in [-0.25, -0.2) is 9.78 Å². The molecule has 1 rings (SSSR count). The van der Waals surface area contributed by atoms with E-state index in [2.05, 4.69) is 24.1 Å². The van der Waals surface area contributed by atoms with Gasteiger partial charge in [0.25, 0.3) is 0 Å². The van der Waals surface area contributed by atoms with Crippen LogP contribution in [0.25, 0.3) is 0 Å². The molecule has 0 aliphatic heterocycles. The predicted molar refractivity (Wildman–Crippen MR) is 61.0 cm³/mol. The summed E-state index contributed by atoms with van der Waals surface area (Å²) in [4.78, 5) is 26.2. The van der Waals surface area contributed by atoms with Crippen molar-refractivity contribution in [2.75, 3.05) is 6.54 Å². The van der Waals surface area contributed by atoms with Crippen molar-refractivity contribution in [3.05, 3.63) is 28.9 Å². The summed E-state index contributed by atoms with van der Waals surface area (Å²) in [5.41, 5.74) is -0.401. The van der Waals surface area contributed by atoms with E-state index < -0.39 is 5.69 Å². The van der Waals surface area contributed by atoms with Crippen molar-refractivity contribution in [2.45, 2.75) is 26.8 Å². The third-order valence-corrected chi connectivity index (χ3v) is 2.14. The first-order chi connectivity index (χ1) is 7.59. The molecule has 0 fully saturated rings. The molecule has 0 aromatic carbocycles. The number of rotatable bonds is 5. The average molecular weight is 223 g/mol. The monoisotopic (exact) mass is 223 g/mol. The largest absolute Gasteiger partial charge is 0.355 e. The Morgan fingerprint density at radius 2 is 2.31 bits per heavy atom. The number of nitrogens with one attached hydrogen (secondary N) is 1. The first-order valence-corrected chi connectivity index (χ1v) is 5.37. The van der Waals surface area contributed by atoms with Crippen molar-refractivity contribution in [3.63, 3.8) is 0 Å². The second-order valence-electron chi connectivity index (χ2n) is 4.06. The Morgan fingerprint density at radius 3 is 2.94 bits per heavy atom. The molecule has 0 spiro atoms. The zero-order chi connectivity index (χ0) is 12.0. The summed E-state index contributed by atoms with van der Waals surface area (Å²) < 4.78 is 1.28. The minimum atomic E-state index is -0.401. The Labute approximate surface area is 94.5 Å². The van der Waals surface area contributed by atoms with Crippen LogP contribution < -0.4 is 11.0 Å². The Balaban J connectivity index is 2.40. The Kier molecular flexibility index (Phi) is 4.69. The van der Waals surface area contributed by atoms with Crippen molar-refractivity contribution in [3.8, 4) is 0 Å². The van der Waals surface area contributed by atoms with E-state index in [1.54, 1.807) is 12.3 Å². The summed E-state index contributed by atoms with van der Waals surface area (Å²) >= 11 is 0. The topological polar surface area (TPSA) is 64.0 Å². The van der Waals surface area contributed by atoms with E-state index in [1.807, 2.05) is 0 Å². The maximum absolute atomic E-state index is 11.4. The van der Waals surface area contributed by atoms with Crippen LogP contribution in [0, 0.1) is 5.92 Å². The molecule has 1 aromatic heterocycles. The number of aromatic nitrogens is 2. The fourth-order valence-electron chi connectivity index (χ4n) is 1.22. The summed E-state index contributed by atoms with van der Waals surface area (Å²) in [6, 6.07) is 1.63. The van der Waals surface area contributed by atoms with Crippen molar-refractivity contribution < 1.29 is 4.79 Å². The number of nitrogens with zero attached hydrogens (tertiary/aromatic N) is 2. The van der Waals surface area contributed by atoms with E-state index in [0.717, 1.165) is 6.42 Å². The minimum absolute atomic E-state index is 0.0325. The zero-order valence-electron chi connectivity index (χ0n) is 9.64. The maximum Gasteiger partial charge on any atom is 0.347 e. The lowest BCUT2D eigenvalue weighted by Gasteiger charge is -2.07. The van der Waals surface area contributed by atoms with Crippen LogP contribution in [0.1, 0.15) is 20.3 Å². The summed E-state index contributed by atoms with van der Waals surface area (Å²) in [5.74, 6) is 0.400. The van der Waals surface area contributed by atoms with Gasteiger partial charge in [-0.15, -0.1) is 0 Å². The van der Waals surface area contributed by atoms with Crippen LogP contribution in [0.15, 0.2) is 23.3 Å². The molecule has 0 atom stereocenters. The molecule has 1 aromatic rings. The molecular weight excluding hydrogens is 206 g/mol. The van der Waals surface area contributed by atoms with Crippen molar-refractivity contribution in [1.29, 1.82) is 0 Å². The van der Waals surface area contributed by atoms with Gasteiger partial charge in [0.2, 0.25) is 5.91 Å². The summed E-state index contributed by atoms with van der Waals surface area (Å²) in [6.45, 7) is 4.87. The Morgan fingerprint density at radius 1 is 1.56 bits per heavy atom. The van der Waals surface area contributed by atoms with Crippen LogP contribution in [0.5, 0.6) is 0 Å². The highest BCUT2D eigenvalue weighted by Gasteiger charge is 2.03. The highest BCUT2D eigenvalue weighted by Crippen LogP contribution is 1.96. The predicted octanol–water partition coefficient (Wildman–Crippen LogP) is 0.406. The lowest BCUT2D eigenvalue weighted by molar-refractivity contribution is -0.121. The highest BCUT2D eigenvalue weighted by atomic mass is 16.2. The lowest BCUT2D eigenvalue weighted by Crippen LogP contribution is -2.33. The summed E-state index contributed by atoms with van der Waals surface area (Å²) in [7, 11) is 0. The zero-order valence-corrected chi connectivity index (χ0v) is 9.64. The van der Waals surface area contributed by atoms with Gasteiger partial charge in [0.15, 0.2) is 0 Å². The van der Waals surface area contributed by atoms with E-state index in [0.29, 0.717) is 12.5 Å². The number of carbonyl (C=O) groups is 1. The van der Waals surface area contributed by atoms with E-state index in [9.17, 15) is 9.59 Å². The van der Waals surface area contributed by atoms with Crippen LogP contribution in [0.4, 0.5) is 0 Å². The smallest absolute Gasteiger partial charge is 0.347 e. The first-order valence-electron chi connectivity index (χ1n) is 5.37. The Bertz CT molecular complexity index is 398. The van der Waals surface area contributed by atoms with E-state index >= 15 is 0 Å². The van der Waals surface area contributed by atoms with Gasteiger partial charge in [-0.2, -0.15) is 0 Å². The van der Waals surface area contributed by atoms with Crippen LogP contribution in [-0.2, 0) is 11.3 Å². The normalized spacial score (nSPS) is 10.4. The van der Waals surface area contributed by atoms with Crippen molar-refractivity contribution >= 4 is 5.91 Å². The molecule has 1 N–H and O–H groups in total. The number of hydrogen-bond acceptors (Lipinski definition) is 3. The molecule has 0 radical (unpaired) electrons. The van der Waals surface area contributed by atoms with Crippen LogP contribution in [0.3, 0.4) is 0 Å². The second kappa shape index (κ2) is 6.05. The second-order valence-corrected chi connectivity index (χ2v) is 4.06. The van der Waals surface area contributed by atoms with Gasteiger partial charge < -0.3 is 5.32 Å². The van der Waals surface area contributed by atoms with E-state index in [-0.39, 0.29) is 12.5 Å². The maximum atomic E-state index is 11.4. The van der Waals surface area contributed by atoms with Gasteiger partial charge in [-0.05, 0) is 18.4 Å². The Hall–Kier alpha value is -1.65. The van der Waals surface area contributed by atoms with E-state index in [1.165, 1.54) is 10.8 Å². The number of amides is 1. The van der Waals surface area contributed by atoms with Crippen molar-refractivity contribution in [1.82, 2.24) is 14.9 Å². The molecule has 0 saturated carbocycles. The lowest BCUT2D eigenvalue weighted by atomic mass is 10.1. The number of carbonyl (C=O) groups excluding carboxylic acids is 1. The fourth-order valence-corrected chi connectivity index (χ4v) is 1.22. The molecule has 5 nitrogen and oxygen atoms in total. The van der Waals surface area contributed by atoms with Crippen LogP contribution >= 0.6 is 0 Å². The molecule has 1 amide bonds. The molecule has 0 bridgehead atoms. The molecule has 88 valence electrons. The molecule has 0 saturated heterocycles. The van der Waals surface area contributed by atoms with Gasteiger partial charge in [0.05, 0.1) is 0 Å². The molecule has 0 aliphatic rings. The third kappa shape index (κ3) is 4.25. The van der Waals surface area contributed by atoms with Gasteiger partial charge >= 0.3 is 5.69 Å². The summed E-state index contributed by atoms with van der Waals surface area (Å²) in [6.07, 6.45) is 3.90. The third-order valence-electron chi connectivity index (χ3n) is 2.14. The first kappa shape index (κ1) is 12.4. The van der Waals surface area contributed by atoms with Gasteiger partial charge in [0, 0.05) is 18.9 Å². The molecule has 5 heteroatoms. The molecule has 0 unspecified atom stereocenters. The highest BCUT2D eigenvalue weighted by molar-refractivity contribution is 5.75. The summed E-state index contributed by atoms with van der Waals surface area (Å²) in [5, 5.41) is 2.76. The molecule has 16 heavy (non-hydrogen) atoms. The van der Waals surface area contributed by atoms with Crippen LogP contribution in [0.2, 0.25) is 0 Å². The van der Waals surface area contributed by atoms with Gasteiger partial charge in [-0.3, -0.25) is 9.36 Å². The molecular formula is C11H17N3O2. The molecule has 0 aliphatic carbocycles. The fraction of sp³-hybridized carbons (Fsp3) is 0.545. The molecule has 1 heterocycles. The SMILES string of the molecule is CC(C)CCNC(=O)Cn1cccnc1=O. The number of hydrogen-bond donors (Lipinski definition) is 1. The quantitative estimate of drug-likeness (QED) is 0.786. The van der Waals surface area contributed by atoms with Gasteiger partial charge in [0.1, 0.15) is 6.54 Å². The standard InChI is InChI=1S/C11H17N3O2/c1-9(2)4-6-12-10(15)8-14-7-3-5-13-11(14)16/h3,5,7,9H,4,6,8H2,1-2H3,(H,12,15). The van der Waals surface area contributed by atoms with Crippen molar-refractivity contribution in [2.24, 2.45) is 5.92 Å². The minimum Gasteiger partial charge on any atom is -0.355 e. The van der Waals surface area contributed by atoms with Crippen LogP contribution in [-0.4, -0.2) is 22.0 Å². The van der Waals surface area contributed by atoms with E-state index in [4.69, 9.17) is 0 Å².